The van der Waals surface area contributed by atoms with Crippen molar-refractivity contribution in [1.82, 2.24) is 9.21 Å². The Hall–Kier alpha value is -0.190. The minimum Gasteiger partial charge on any atom is -0.467 e. The van der Waals surface area contributed by atoms with Crippen molar-refractivity contribution < 1.29 is 22.7 Å². The number of carbonyl (C=O) groups excluding carboxylic acids is 2. The number of nitrogens with zero attached hydrogens (tertiary/aromatic N) is 2. The fourth-order valence-electron chi connectivity index (χ4n) is 3.02. The molecule has 0 aromatic carbocycles. The molecule has 2 unspecified atom stereocenters. The number of likely N-dealkylation sites (N-methyl/N-ethyl adjacent to an activating group) is 1. The number of ether oxygens (including phenoxy) is 1. The lowest BCUT2D eigenvalue weighted by atomic mass is 9.94. The summed E-state index contributed by atoms with van der Waals surface area (Å²) in [6.45, 7) is 4.31. The molecule has 7 nitrogen and oxygen atoms in total. The number of carbonyl (C=O) groups is 2. The minimum atomic E-state index is -3.42. The number of halogens is 2. The highest BCUT2D eigenvalue weighted by atomic mass is 79.9. The van der Waals surface area contributed by atoms with Crippen LogP contribution in [0.5, 0.6) is 0 Å². The zero-order valence-corrected chi connectivity index (χ0v) is 18.9. The molecule has 0 spiro atoms. The summed E-state index contributed by atoms with van der Waals surface area (Å²) in [5.41, 5.74) is 0. The van der Waals surface area contributed by atoms with E-state index in [4.69, 9.17) is 4.74 Å². The summed E-state index contributed by atoms with van der Waals surface area (Å²) in [5.74, 6) is -0.947. The van der Waals surface area contributed by atoms with Crippen molar-refractivity contribution in [2.24, 2.45) is 11.8 Å². The summed E-state index contributed by atoms with van der Waals surface area (Å²) in [7, 11) is -0.515. The number of sulfonamides is 1. The first kappa shape index (κ1) is 22.9. The third kappa shape index (κ3) is 5.40. The van der Waals surface area contributed by atoms with Crippen LogP contribution in [0.15, 0.2) is 0 Å². The van der Waals surface area contributed by atoms with Gasteiger partial charge in [-0.3, -0.25) is 4.79 Å². The van der Waals surface area contributed by atoms with E-state index in [-0.39, 0.29) is 17.7 Å². The largest absolute Gasteiger partial charge is 0.467 e. The Morgan fingerprint density at radius 1 is 1.28 bits per heavy atom. The van der Waals surface area contributed by atoms with Crippen molar-refractivity contribution in [2.45, 2.75) is 36.9 Å². The Kier molecular flexibility index (Phi) is 8.83. The molecule has 0 bridgehead atoms. The van der Waals surface area contributed by atoms with Crippen molar-refractivity contribution in [3.8, 4) is 0 Å². The van der Waals surface area contributed by atoms with Gasteiger partial charge < -0.3 is 9.64 Å². The zero-order valence-electron chi connectivity index (χ0n) is 14.9. The highest BCUT2D eigenvalue weighted by molar-refractivity contribution is 9.13. The van der Waals surface area contributed by atoms with Crippen LogP contribution < -0.4 is 0 Å². The minimum absolute atomic E-state index is 0.0741. The molecule has 1 aliphatic heterocycles. The van der Waals surface area contributed by atoms with Gasteiger partial charge in [-0.2, -0.15) is 0 Å². The molecule has 25 heavy (non-hydrogen) atoms. The number of amides is 1. The van der Waals surface area contributed by atoms with E-state index in [1.807, 2.05) is 13.8 Å². The number of alkyl halides is 2. The lowest BCUT2D eigenvalue weighted by Crippen LogP contribution is -2.51. The highest BCUT2D eigenvalue weighted by Crippen LogP contribution is 2.26. The van der Waals surface area contributed by atoms with Gasteiger partial charge in [0.2, 0.25) is 15.9 Å². The van der Waals surface area contributed by atoms with E-state index in [9.17, 15) is 18.0 Å². The smallest absolute Gasteiger partial charge is 0.328 e. The lowest BCUT2D eigenvalue weighted by Gasteiger charge is -2.36. The van der Waals surface area contributed by atoms with Gasteiger partial charge >= 0.3 is 5.97 Å². The van der Waals surface area contributed by atoms with Gasteiger partial charge in [0.15, 0.2) is 0 Å². The predicted molar refractivity (Wildman–Crippen MR) is 103 cm³/mol. The van der Waals surface area contributed by atoms with Gasteiger partial charge in [-0.25, -0.2) is 17.5 Å². The zero-order chi connectivity index (χ0) is 19.4. The SMILES string of the molecule is COC(=O)C(C(C)C)N(C)C(=O)C1CCN(S(=O)(=O)C(Br)CBr)CC1. The van der Waals surface area contributed by atoms with E-state index >= 15 is 0 Å². The van der Waals surface area contributed by atoms with Gasteiger partial charge in [0, 0.05) is 31.4 Å². The van der Waals surface area contributed by atoms with Crippen LogP contribution in [-0.2, 0) is 24.3 Å². The summed E-state index contributed by atoms with van der Waals surface area (Å²) < 4.78 is 30.2. The normalized spacial score (nSPS) is 19.5. The summed E-state index contributed by atoms with van der Waals surface area (Å²) in [6.07, 6.45) is 0.882. The molecule has 1 amide bonds. The molecule has 0 radical (unpaired) electrons. The standard InChI is InChI=1S/C15H26Br2N2O5S/c1-10(2)13(15(21)24-4)18(3)14(20)11-5-7-19(8-6-11)25(22,23)12(17)9-16/h10-13H,5-9H2,1-4H3. The van der Waals surface area contributed by atoms with Crippen molar-refractivity contribution in [1.29, 1.82) is 0 Å². The van der Waals surface area contributed by atoms with E-state index in [2.05, 4.69) is 31.9 Å². The number of methoxy groups -OCH3 is 1. The average molecular weight is 506 g/mol. The molecule has 0 aromatic rings. The van der Waals surface area contributed by atoms with Crippen LogP contribution in [0.3, 0.4) is 0 Å². The molecule has 0 N–H and O–H groups in total. The van der Waals surface area contributed by atoms with Gasteiger partial charge in [-0.05, 0) is 18.8 Å². The summed E-state index contributed by atoms with van der Waals surface area (Å²) in [4.78, 5) is 26.1. The Morgan fingerprint density at radius 2 is 1.80 bits per heavy atom. The monoisotopic (exact) mass is 504 g/mol. The second-order valence-corrected chi connectivity index (χ2v) is 10.9. The summed E-state index contributed by atoms with van der Waals surface area (Å²) >= 11 is 6.32. The number of hydrogen-bond donors (Lipinski definition) is 0. The van der Waals surface area contributed by atoms with Crippen molar-refractivity contribution in [3.63, 3.8) is 0 Å². The lowest BCUT2D eigenvalue weighted by molar-refractivity contribution is -0.155. The predicted octanol–water partition coefficient (Wildman–Crippen LogP) is 1.80. The van der Waals surface area contributed by atoms with Gasteiger partial charge in [0.05, 0.1) is 7.11 Å². The molecule has 0 aliphatic carbocycles. The van der Waals surface area contributed by atoms with Crippen LogP contribution in [0.2, 0.25) is 0 Å². The topological polar surface area (TPSA) is 84.0 Å². The number of piperidine rings is 1. The Bertz CT molecular complexity index is 576. The van der Waals surface area contributed by atoms with E-state index in [0.29, 0.717) is 31.3 Å². The van der Waals surface area contributed by atoms with Gasteiger partial charge in [0.1, 0.15) is 10.2 Å². The first-order chi connectivity index (χ1) is 11.6. The van der Waals surface area contributed by atoms with Gasteiger partial charge in [0.25, 0.3) is 0 Å². The van der Waals surface area contributed by atoms with Crippen molar-refractivity contribution in [3.05, 3.63) is 0 Å². The first-order valence-electron chi connectivity index (χ1n) is 8.11. The van der Waals surface area contributed by atoms with Crippen LogP contribution >= 0.6 is 31.9 Å². The second-order valence-electron chi connectivity index (χ2n) is 6.44. The Labute approximate surface area is 166 Å². The molecule has 1 saturated heterocycles. The quantitative estimate of drug-likeness (QED) is 0.389. The Balaban J connectivity index is 2.76. The van der Waals surface area contributed by atoms with Crippen LogP contribution in [0.1, 0.15) is 26.7 Å². The third-order valence-corrected chi connectivity index (χ3v) is 10.0. The summed E-state index contributed by atoms with van der Waals surface area (Å²) in [6, 6.07) is -0.639. The van der Waals surface area contributed by atoms with Crippen molar-refractivity contribution in [2.75, 3.05) is 32.6 Å². The molecule has 146 valence electrons. The molecular weight excluding hydrogens is 480 g/mol. The van der Waals surface area contributed by atoms with Crippen LogP contribution in [0.25, 0.3) is 0 Å². The molecule has 2 atom stereocenters. The summed E-state index contributed by atoms with van der Waals surface area (Å²) in [5, 5.41) is 0.298. The number of rotatable bonds is 7. The highest BCUT2D eigenvalue weighted by Gasteiger charge is 2.38. The number of esters is 1. The van der Waals surface area contributed by atoms with Gasteiger partial charge in [-0.1, -0.05) is 45.7 Å². The fraction of sp³-hybridized carbons (Fsp3) is 0.867. The van der Waals surface area contributed by atoms with E-state index in [1.165, 1.54) is 16.3 Å². The van der Waals surface area contributed by atoms with Gasteiger partial charge in [-0.15, -0.1) is 0 Å². The average Bonchev–Trinajstić information content (AvgIpc) is 2.59. The van der Waals surface area contributed by atoms with E-state index in [1.54, 1.807) is 7.05 Å². The molecule has 1 rings (SSSR count). The first-order valence-corrected chi connectivity index (χ1v) is 11.6. The maximum absolute atomic E-state index is 12.7. The van der Waals surface area contributed by atoms with E-state index < -0.39 is 26.2 Å². The third-order valence-electron chi connectivity index (χ3n) is 4.45. The molecule has 0 aromatic heterocycles. The maximum Gasteiger partial charge on any atom is 0.328 e. The van der Waals surface area contributed by atoms with E-state index in [0.717, 1.165) is 0 Å². The number of hydrogen-bond acceptors (Lipinski definition) is 5. The Morgan fingerprint density at radius 3 is 2.20 bits per heavy atom. The van der Waals surface area contributed by atoms with Crippen LogP contribution in [0.4, 0.5) is 0 Å². The molecule has 1 heterocycles. The molecule has 1 aliphatic rings. The second kappa shape index (κ2) is 9.66. The molecule has 10 heteroatoms. The van der Waals surface area contributed by atoms with Crippen LogP contribution in [-0.4, -0.2) is 72.3 Å². The molecular formula is C15H26Br2N2O5S. The van der Waals surface area contributed by atoms with Crippen molar-refractivity contribution >= 4 is 53.8 Å². The maximum atomic E-state index is 12.7. The molecule has 0 saturated carbocycles. The molecule has 1 fully saturated rings. The van der Waals surface area contributed by atoms with Crippen LogP contribution in [0, 0.1) is 11.8 Å². The fourth-order valence-corrected chi connectivity index (χ4v) is 5.94.